The van der Waals surface area contributed by atoms with Gasteiger partial charge in [0.05, 0.1) is 17.1 Å². The van der Waals surface area contributed by atoms with Crippen LogP contribution < -0.4 is 14.8 Å². The molecule has 1 atom stereocenters. The van der Waals surface area contributed by atoms with Crippen molar-refractivity contribution in [1.82, 2.24) is 4.72 Å². The highest BCUT2D eigenvalue weighted by molar-refractivity contribution is 7.89. The monoisotopic (exact) mass is 510 g/mol. The van der Waals surface area contributed by atoms with Crippen LogP contribution in [0.4, 0.5) is 5.69 Å². The first-order valence-electron chi connectivity index (χ1n) is 11.7. The first kappa shape index (κ1) is 26.9. The molecule has 0 saturated heterocycles. The molecule has 0 spiro atoms. The molecule has 0 radical (unpaired) electrons. The number of nitrogens with one attached hydrogen (secondary N) is 2. The van der Waals surface area contributed by atoms with Crippen molar-refractivity contribution in [3.63, 3.8) is 0 Å². The van der Waals surface area contributed by atoms with Crippen molar-refractivity contribution in [3.05, 3.63) is 90.0 Å². The van der Waals surface area contributed by atoms with E-state index in [1.165, 1.54) is 24.3 Å². The average molecular weight is 511 g/mol. The van der Waals surface area contributed by atoms with Gasteiger partial charge in [0.15, 0.2) is 6.61 Å². The van der Waals surface area contributed by atoms with Gasteiger partial charge in [0.2, 0.25) is 10.0 Å². The molecule has 0 aliphatic rings. The molecule has 0 bridgehead atoms. The number of carbonyl (C=O) groups excluding carboxylic acids is 2. The predicted molar refractivity (Wildman–Crippen MR) is 137 cm³/mol. The molecule has 9 heteroatoms. The van der Waals surface area contributed by atoms with E-state index in [4.69, 9.17) is 9.47 Å². The third-order valence-corrected chi connectivity index (χ3v) is 6.83. The summed E-state index contributed by atoms with van der Waals surface area (Å²) >= 11 is 0. The molecule has 1 amide bonds. The van der Waals surface area contributed by atoms with Crippen LogP contribution in [0.25, 0.3) is 0 Å². The summed E-state index contributed by atoms with van der Waals surface area (Å²) in [5.74, 6) is -0.450. The summed E-state index contributed by atoms with van der Waals surface area (Å²) in [4.78, 5) is 24.3. The van der Waals surface area contributed by atoms with E-state index in [2.05, 4.69) is 10.0 Å². The van der Waals surface area contributed by atoms with Crippen molar-refractivity contribution in [2.24, 2.45) is 0 Å². The molecule has 3 rings (SSSR count). The number of rotatable bonds is 12. The highest BCUT2D eigenvalue weighted by atomic mass is 32.2. The number of sulfonamides is 1. The summed E-state index contributed by atoms with van der Waals surface area (Å²) in [7, 11) is -3.73. The molecule has 0 aromatic heterocycles. The van der Waals surface area contributed by atoms with Crippen molar-refractivity contribution in [3.8, 4) is 5.75 Å². The van der Waals surface area contributed by atoms with E-state index < -0.39 is 27.9 Å². The van der Waals surface area contributed by atoms with Gasteiger partial charge in [0.1, 0.15) is 5.75 Å². The second-order valence-corrected chi connectivity index (χ2v) is 9.84. The summed E-state index contributed by atoms with van der Waals surface area (Å²) in [6, 6.07) is 21.1. The van der Waals surface area contributed by atoms with Crippen LogP contribution in [0, 0.1) is 0 Å². The molecule has 0 aliphatic heterocycles. The molecule has 36 heavy (non-hydrogen) atoms. The van der Waals surface area contributed by atoms with Gasteiger partial charge in [-0.1, -0.05) is 43.7 Å². The van der Waals surface area contributed by atoms with Crippen molar-refractivity contribution in [1.29, 1.82) is 0 Å². The van der Waals surface area contributed by atoms with E-state index in [1.807, 2.05) is 37.3 Å². The molecule has 0 fully saturated rings. The van der Waals surface area contributed by atoms with Crippen LogP contribution in [0.5, 0.6) is 5.75 Å². The van der Waals surface area contributed by atoms with Crippen molar-refractivity contribution >= 4 is 27.6 Å². The lowest BCUT2D eigenvalue weighted by molar-refractivity contribution is -0.118. The van der Waals surface area contributed by atoms with Gasteiger partial charge in [0, 0.05) is 11.7 Å². The number of carbonyl (C=O) groups is 2. The number of anilines is 1. The Morgan fingerprint density at radius 1 is 0.917 bits per heavy atom. The van der Waals surface area contributed by atoms with Gasteiger partial charge in [-0.25, -0.2) is 17.9 Å². The number of benzene rings is 3. The zero-order valence-electron chi connectivity index (χ0n) is 20.3. The van der Waals surface area contributed by atoms with Crippen LogP contribution in [-0.2, 0) is 19.6 Å². The Morgan fingerprint density at radius 2 is 1.58 bits per heavy atom. The lowest BCUT2D eigenvalue weighted by atomic mass is 10.1. The zero-order chi connectivity index (χ0) is 26.0. The maximum atomic E-state index is 12.7. The van der Waals surface area contributed by atoms with Crippen LogP contribution in [0.1, 0.15) is 48.7 Å². The van der Waals surface area contributed by atoms with E-state index in [9.17, 15) is 18.0 Å². The molecule has 2 N–H and O–H groups in total. The first-order valence-corrected chi connectivity index (χ1v) is 13.1. The molecular formula is C27H30N2O6S. The molecule has 8 nitrogen and oxygen atoms in total. The second kappa shape index (κ2) is 12.9. The maximum Gasteiger partial charge on any atom is 0.338 e. The van der Waals surface area contributed by atoms with E-state index in [1.54, 1.807) is 31.2 Å². The fourth-order valence-corrected chi connectivity index (χ4v) is 4.49. The molecule has 190 valence electrons. The fourth-order valence-electron chi connectivity index (χ4n) is 3.25. The minimum atomic E-state index is -3.73. The van der Waals surface area contributed by atoms with E-state index >= 15 is 0 Å². The van der Waals surface area contributed by atoms with Crippen LogP contribution in [0.3, 0.4) is 0 Å². The predicted octanol–water partition coefficient (Wildman–Crippen LogP) is 4.70. The molecule has 0 saturated carbocycles. The standard InChI is InChI=1S/C27H30N2O6S/c1-3-4-18-34-27(31)22-10-12-23(13-11-22)28-26(30)19-35-24-14-16-25(17-15-24)36(32,33)29-20(2)21-8-6-5-7-9-21/h5-17,20,29H,3-4,18-19H2,1-2H3,(H,28,30)/t20-/m1/s1. The molecule has 3 aromatic carbocycles. The number of hydrogen-bond acceptors (Lipinski definition) is 6. The minimum Gasteiger partial charge on any atom is -0.484 e. The van der Waals surface area contributed by atoms with Crippen molar-refractivity contribution in [2.75, 3.05) is 18.5 Å². The van der Waals surface area contributed by atoms with E-state index in [-0.39, 0.29) is 11.5 Å². The smallest absolute Gasteiger partial charge is 0.338 e. The number of amides is 1. The highest BCUT2D eigenvalue weighted by Crippen LogP contribution is 2.20. The Balaban J connectivity index is 1.49. The molecular weight excluding hydrogens is 480 g/mol. The van der Waals surface area contributed by atoms with E-state index in [0.717, 1.165) is 18.4 Å². The first-order chi connectivity index (χ1) is 17.3. The van der Waals surface area contributed by atoms with Crippen LogP contribution in [0.2, 0.25) is 0 Å². The summed E-state index contributed by atoms with van der Waals surface area (Å²) in [6.45, 7) is 3.90. The Labute approximate surface area is 211 Å². The largest absolute Gasteiger partial charge is 0.484 e. The van der Waals surface area contributed by atoms with Gasteiger partial charge in [0.25, 0.3) is 5.91 Å². The Hall–Kier alpha value is -3.69. The summed E-state index contributed by atoms with van der Waals surface area (Å²) < 4.78 is 38.6. The van der Waals surface area contributed by atoms with Gasteiger partial charge in [-0.3, -0.25) is 4.79 Å². The normalized spacial score (nSPS) is 11.9. The summed E-state index contributed by atoms with van der Waals surface area (Å²) in [5, 5.41) is 2.68. The average Bonchev–Trinajstić information content (AvgIpc) is 2.88. The number of hydrogen-bond donors (Lipinski definition) is 2. The summed E-state index contributed by atoms with van der Waals surface area (Å²) in [6.07, 6.45) is 1.75. The third kappa shape index (κ3) is 7.93. The van der Waals surface area contributed by atoms with Gasteiger partial charge < -0.3 is 14.8 Å². The Morgan fingerprint density at radius 3 is 2.22 bits per heavy atom. The van der Waals surface area contributed by atoms with Crippen LogP contribution in [0.15, 0.2) is 83.8 Å². The molecule has 0 unspecified atom stereocenters. The molecule has 3 aromatic rings. The Bertz CT molecular complexity index is 1240. The topological polar surface area (TPSA) is 111 Å². The van der Waals surface area contributed by atoms with Crippen LogP contribution >= 0.6 is 0 Å². The fraction of sp³-hybridized carbons (Fsp3) is 0.259. The zero-order valence-corrected chi connectivity index (χ0v) is 21.1. The van der Waals surface area contributed by atoms with Crippen molar-refractivity contribution < 1.29 is 27.5 Å². The molecule has 0 heterocycles. The van der Waals surface area contributed by atoms with Crippen LogP contribution in [-0.4, -0.2) is 33.5 Å². The number of unbranched alkanes of at least 4 members (excludes halogenated alkanes) is 1. The van der Waals surface area contributed by atoms with Gasteiger partial charge in [-0.2, -0.15) is 0 Å². The second-order valence-electron chi connectivity index (χ2n) is 8.13. The van der Waals surface area contributed by atoms with Gasteiger partial charge in [-0.05, 0) is 67.4 Å². The SMILES string of the molecule is CCCCOC(=O)c1ccc(NC(=O)COc2ccc(S(=O)(=O)N[C@H](C)c3ccccc3)cc2)cc1. The molecule has 0 aliphatic carbocycles. The lowest BCUT2D eigenvalue weighted by Crippen LogP contribution is -2.26. The lowest BCUT2D eigenvalue weighted by Gasteiger charge is -2.15. The Kier molecular flexibility index (Phi) is 9.61. The van der Waals surface area contributed by atoms with E-state index in [0.29, 0.717) is 23.6 Å². The van der Waals surface area contributed by atoms with Gasteiger partial charge >= 0.3 is 5.97 Å². The summed E-state index contributed by atoms with van der Waals surface area (Å²) in [5.41, 5.74) is 1.77. The highest BCUT2D eigenvalue weighted by Gasteiger charge is 2.18. The number of ether oxygens (including phenoxy) is 2. The van der Waals surface area contributed by atoms with Crippen molar-refractivity contribution in [2.45, 2.75) is 37.6 Å². The maximum absolute atomic E-state index is 12.7. The number of esters is 1. The third-order valence-electron chi connectivity index (χ3n) is 5.27. The van der Waals surface area contributed by atoms with Gasteiger partial charge in [-0.15, -0.1) is 0 Å². The quantitative estimate of drug-likeness (QED) is 0.270. The minimum absolute atomic E-state index is 0.0930.